The van der Waals surface area contributed by atoms with E-state index in [-0.39, 0.29) is 22.7 Å². The van der Waals surface area contributed by atoms with Crippen LogP contribution < -0.4 is 4.72 Å². The molecule has 0 fully saturated rings. The predicted molar refractivity (Wildman–Crippen MR) is 67.2 cm³/mol. The van der Waals surface area contributed by atoms with Gasteiger partial charge in [0.25, 0.3) is 0 Å². The first-order valence-electron chi connectivity index (χ1n) is 5.34. The summed E-state index contributed by atoms with van der Waals surface area (Å²) in [6.45, 7) is 6.73. The molecule has 1 aromatic heterocycles. The van der Waals surface area contributed by atoms with Gasteiger partial charge in [0.05, 0.1) is 0 Å². The Hall–Kier alpha value is -1.60. The molecule has 1 heterocycles. The maximum atomic E-state index is 12.0. The Morgan fingerprint density at radius 2 is 2.11 bits per heavy atom. The van der Waals surface area contributed by atoms with Gasteiger partial charge in [-0.05, 0) is 20.3 Å². The molecule has 0 spiro atoms. The van der Waals surface area contributed by atoms with Gasteiger partial charge >= 0.3 is 5.97 Å². The molecule has 0 amide bonds. The largest absolute Gasteiger partial charge is 0.477 e. The fourth-order valence-electron chi connectivity index (χ4n) is 1.72. The molecule has 0 aromatic carbocycles. The van der Waals surface area contributed by atoms with Crippen LogP contribution in [0, 0.1) is 13.8 Å². The third-order valence-corrected chi connectivity index (χ3v) is 4.23. The first kappa shape index (κ1) is 14.5. The molecule has 0 saturated heterocycles. The smallest absolute Gasteiger partial charge is 0.352 e. The summed E-state index contributed by atoms with van der Waals surface area (Å²) >= 11 is 0. The molecular formula is C11H16N2O4S. The Morgan fingerprint density at radius 3 is 2.56 bits per heavy atom. The number of aryl methyl sites for hydroxylation is 1. The maximum Gasteiger partial charge on any atom is 0.352 e. The van der Waals surface area contributed by atoms with Crippen LogP contribution in [0.1, 0.15) is 28.2 Å². The van der Waals surface area contributed by atoms with Gasteiger partial charge in [0.1, 0.15) is 10.6 Å². The van der Waals surface area contributed by atoms with E-state index in [2.05, 4.69) is 16.3 Å². The van der Waals surface area contributed by atoms with Crippen molar-refractivity contribution in [3.8, 4) is 0 Å². The van der Waals surface area contributed by atoms with Crippen molar-refractivity contribution in [2.45, 2.75) is 25.2 Å². The summed E-state index contributed by atoms with van der Waals surface area (Å²) in [6, 6.07) is 0. The number of aromatic nitrogens is 1. The second-order valence-electron chi connectivity index (χ2n) is 3.86. The Balaban J connectivity index is 3.16. The molecule has 0 atom stereocenters. The standard InChI is InChI=1S/C11H16N2O4S/c1-4-5-6-12-18(16,17)10-7(2)9(11(14)15)13-8(10)3/h4,12-13H,1,5-6H2,2-3H3,(H,14,15). The summed E-state index contributed by atoms with van der Waals surface area (Å²) in [7, 11) is -3.70. The molecule has 18 heavy (non-hydrogen) atoms. The van der Waals surface area contributed by atoms with Crippen LogP contribution >= 0.6 is 0 Å². The normalized spacial score (nSPS) is 11.4. The number of sulfonamides is 1. The molecule has 3 N–H and O–H groups in total. The molecule has 1 rings (SSSR count). The van der Waals surface area contributed by atoms with Crippen molar-refractivity contribution in [3.05, 3.63) is 29.6 Å². The molecule has 7 heteroatoms. The van der Waals surface area contributed by atoms with Crippen LogP contribution in [0.4, 0.5) is 0 Å². The first-order chi connectivity index (χ1) is 8.31. The van der Waals surface area contributed by atoms with Gasteiger partial charge in [-0.25, -0.2) is 17.9 Å². The fourth-order valence-corrected chi connectivity index (χ4v) is 3.21. The summed E-state index contributed by atoms with van der Waals surface area (Å²) < 4.78 is 26.5. The van der Waals surface area contributed by atoms with E-state index in [4.69, 9.17) is 5.11 Å². The van der Waals surface area contributed by atoms with E-state index >= 15 is 0 Å². The van der Waals surface area contributed by atoms with E-state index in [1.54, 1.807) is 6.08 Å². The summed E-state index contributed by atoms with van der Waals surface area (Å²) in [5, 5.41) is 8.92. The van der Waals surface area contributed by atoms with Gasteiger partial charge in [-0.15, -0.1) is 6.58 Å². The summed E-state index contributed by atoms with van der Waals surface area (Å²) in [5.74, 6) is -1.18. The number of carboxylic acid groups (broad SMARTS) is 1. The molecule has 0 aliphatic rings. The van der Waals surface area contributed by atoms with Crippen LogP contribution in [-0.4, -0.2) is 31.0 Å². The van der Waals surface area contributed by atoms with Gasteiger partial charge in [-0.1, -0.05) is 6.08 Å². The molecule has 0 aliphatic carbocycles. The number of H-pyrrole nitrogens is 1. The third-order valence-electron chi connectivity index (χ3n) is 2.49. The van der Waals surface area contributed by atoms with Crippen LogP contribution in [0.15, 0.2) is 17.6 Å². The van der Waals surface area contributed by atoms with Gasteiger partial charge in [-0.2, -0.15) is 0 Å². The highest BCUT2D eigenvalue weighted by Gasteiger charge is 2.25. The lowest BCUT2D eigenvalue weighted by atomic mass is 10.2. The lowest BCUT2D eigenvalue weighted by Crippen LogP contribution is -2.25. The van der Waals surface area contributed by atoms with E-state index in [0.29, 0.717) is 12.1 Å². The summed E-state index contributed by atoms with van der Waals surface area (Å²) in [5.41, 5.74) is 0.429. The van der Waals surface area contributed by atoms with Crippen LogP contribution in [0.2, 0.25) is 0 Å². The van der Waals surface area contributed by atoms with Crippen LogP contribution in [0.3, 0.4) is 0 Å². The molecule has 0 radical (unpaired) electrons. The minimum absolute atomic E-state index is 0.00367. The third kappa shape index (κ3) is 2.80. The minimum Gasteiger partial charge on any atom is -0.477 e. The lowest BCUT2D eigenvalue weighted by molar-refractivity contribution is 0.0690. The molecule has 0 aliphatic heterocycles. The van der Waals surface area contributed by atoms with Crippen molar-refractivity contribution in [1.29, 1.82) is 0 Å². The van der Waals surface area contributed by atoms with Crippen molar-refractivity contribution in [3.63, 3.8) is 0 Å². The van der Waals surface area contributed by atoms with Crippen molar-refractivity contribution >= 4 is 16.0 Å². The summed E-state index contributed by atoms with van der Waals surface area (Å²) in [6.07, 6.45) is 2.11. The number of hydrogen-bond acceptors (Lipinski definition) is 3. The van der Waals surface area contributed by atoms with Crippen LogP contribution in [0.25, 0.3) is 0 Å². The Morgan fingerprint density at radius 1 is 1.50 bits per heavy atom. The van der Waals surface area contributed by atoms with Gasteiger partial charge in [0.15, 0.2) is 0 Å². The molecule has 1 aromatic rings. The van der Waals surface area contributed by atoms with E-state index in [0.717, 1.165) is 0 Å². The van der Waals surface area contributed by atoms with Crippen LogP contribution in [0.5, 0.6) is 0 Å². The first-order valence-corrected chi connectivity index (χ1v) is 6.82. The fraction of sp³-hybridized carbons (Fsp3) is 0.364. The number of aromatic amines is 1. The maximum absolute atomic E-state index is 12.0. The van der Waals surface area contributed by atoms with Crippen LogP contribution in [-0.2, 0) is 10.0 Å². The van der Waals surface area contributed by atoms with Gasteiger partial charge < -0.3 is 10.1 Å². The SMILES string of the molecule is C=CCCNS(=O)(=O)c1c(C)[nH]c(C(=O)O)c1C. The second-order valence-corrected chi connectivity index (χ2v) is 5.56. The average Bonchev–Trinajstić information content (AvgIpc) is 2.55. The molecule has 100 valence electrons. The monoisotopic (exact) mass is 272 g/mol. The van der Waals surface area contributed by atoms with Gasteiger partial charge in [-0.3, -0.25) is 0 Å². The number of carbonyl (C=O) groups is 1. The molecular weight excluding hydrogens is 256 g/mol. The predicted octanol–water partition coefficient (Wildman–Crippen LogP) is 1.18. The topological polar surface area (TPSA) is 99.3 Å². The number of nitrogens with one attached hydrogen (secondary N) is 2. The van der Waals surface area contributed by atoms with Crippen molar-refractivity contribution in [2.75, 3.05) is 6.54 Å². The highest BCUT2D eigenvalue weighted by Crippen LogP contribution is 2.22. The van der Waals surface area contributed by atoms with Crippen molar-refractivity contribution in [1.82, 2.24) is 9.71 Å². The number of carboxylic acids is 1. The van der Waals surface area contributed by atoms with E-state index < -0.39 is 16.0 Å². The zero-order chi connectivity index (χ0) is 13.9. The highest BCUT2D eigenvalue weighted by atomic mass is 32.2. The van der Waals surface area contributed by atoms with Crippen molar-refractivity contribution < 1.29 is 18.3 Å². The molecule has 0 saturated carbocycles. The van der Waals surface area contributed by atoms with Crippen molar-refractivity contribution in [2.24, 2.45) is 0 Å². The van der Waals surface area contributed by atoms with E-state index in [1.165, 1.54) is 13.8 Å². The number of hydrogen-bond donors (Lipinski definition) is 3. The van der Waals surface area contributed by atoms with Gasteiger partial charge in [0.2, 0.25) is 10.0 Å². The van der Waals surface area contributed by atoms with E-state index in [9.17, 15) is 13.2 Å². The van der Waals surface area contributed by atoms with E-state index in [1.807, 2.05) is 0 Å². The van der Waals surface area contributed by atoms with Gasteiger partial charge in [0, 0.05) is 17.8 Å². The minimum atomic E-state index is -3.70. The molecule has 0 bridgehead atoms. The zero-order valence-corrected chi connectivity index (χ0v) is 11.1. The average molecular weight is 272 g/mol. The Labute approximate surface area is 106 Å². The molecule has 0 unspecified atom stereocenters. The Bertz CT molecular complexity index is 572. The number of rotatable bonds is 6. The quantitative estimate of drug-likeness (QED) is 0.535. The summed E-state index contributed by atoms with van der Waals surface area (Å²) in [4.78, 5) is 13.5. The Kier molecular flexibility index (Phi) is 4.31. The second kappa shape index (κ2) is 5.36. The number of aromatic carboxylic acids is 1. The molecule has 6 nitrogen and oxygen atoms in total. The zero-order valence-electron chi connectivity index (χ0n) is 10.3. The highest BCUT2D eigenvalue weighted by molar-refractivity contribution is 7.89. The lowest BCUT2D eigenvalue weighted by Gasteiger charge is -2.06.